The van der Waals surface area contributed by atoms with Gasteiger partial charge in [0.15, 0.2) is 5.82 Å². The van der Waals surface area contributed by atoms with Crippen molar-refractivity contribution in [2.45, 2.75) is 25.8 Å². The molecule has 0 radical (unpaired) electrons. The van der Waals surface area contributed by atoms with Gasteiger partial charge >= 0.3 is 0 Å². The number of aryl methyl sites for hydroxylation is 1. The van der Waals surface area contributed by atoms with Crippen molar-refractivity contribution in [3.8, 4) is 5.75 Å². The molecule has 2 heterocycles. The SMILES string of the molecule is CCc1nc2n(n1)C(CC(=O)Nc1ccc([N+](=O)[O-])cc1OC)C(=O)N2. The van der Waals surface area contributed by atoms with E-state index in [4.69, 9.17) is 4.74 Å². The summed E-state index contributed by atoms with van der Waals surface area (Å²) in [7, 11) is 1.34. The van der Waals surface area contributed by atoms with Crippen molar-refractivity contribution in [3.63, 3.8) is 0 Å². The molecule has 11 heteroatoms. The van der Waals surface area contributed by atoms with Crippen LogP contribution in [0.15, 0.2) is 18.2 Å². The van der Waals surface area contributed by atoms with Gasteiger partial charge in [-0.15, -0.1) is 0 Å². The number of carbonyl (C=O) groups excluding carboxylic acids is 2. The van der Waals surface area contributed by atoms with E-state index in [0.717, 1.165) is 0 Å². The molecule has 2 N–H and O–H groups in total. The monoisotopic (exact) mass is 360 g/mol. The van der Waals surface area contributed by atoms with E-state index < -0.39 is 16.9 Å². The van der Waals surface area contributed by atoms with Gasteiger partial charge in [0.1, 0.15) is 11.8 Å². The number of hydrogen-bond acceptors (Lipinski definition) is 7. The highest BCUT2D eigenvalue weighted by Gasteiger charge is 2.34. The van der Waals surface area contributed by atoms with Crippen molar-refractivity contribution >= 4 is 29.1 Å². The number of ether oxygens (including phenoxy) is 1. The van der Waals surface area contributed by atoms with Gasteiger partial charge in [0.05, 0.1) is 30.2 Å². The summed E-state index contributed by atoms with van der Waals surface area (Å²) in [4.78, 5) is 38.8. The second-order valence-corrected chi connectivity index (χ2v) is 5.55. The van der Waals surface area contributed by atoms with Crippen LogP contribution >= 0.6 is 0 Å². The van der Waals surface area contributed by atoms with Crippen LogP contribution < -0.4 is 15.4 Å². The van der Waals surface area contributed by atoms with Gasteiger partial charge in [-0.1, -0.05) is 6.92 Å². The lowest BCUT2D eigenvalue weighted by Gasteiger charge is -2.12. The lowest BCUT2D eigenvalue weighted by molar-refractivity contribution is -0.384. The number of carbonyl (C=O) groups is 2. The maximum Gasteiger partial charge on any atom is 0.273 e. The molecule has 136 valence electrons. The molecule has 2 aromatic rings. The summed E-state index contributed by atoms with van der Waals surface area (Å²) in [5, 5.41) is 20.2. The maximum absolute atomic E-state index is 12.3. The number of nitrogens with one attached hydrogen (secondary N) is 2. The molecule has 0 spiro atoms. The summed E-state index contributed by atoms with van der Waals surface area (Å²) in [6, 6.07) is 3.03. The zero-order chi connectivity index (χ0) is 18.8. The first kappa shape index (κ1) is 17.3. The van der Waals surface area contributed by atoms with Crippen LogP contribution in [0.2, 0.25) is 0 Å². The first-order chi connectivity index (χ1) is 12.4. The fraction of sp³-hybridized carbons (Fsp3) is 0.333. The Morgan fingerprint density at radius 1 is 1.50 bits per heavy atom. The molecule has 3 rings (SSSR count). The number of non-ortho nitro benzene ring substituents is 1. The van der Waals surface area contributed by atoms with Gasteiger partial charge < -0.3 is 10.1 Å². The highest BCUT2D eigenvalue weighted by Crippen LogP contribution is 2.30. The lowest BCUT2D eigenvalue weighted by Crippen LogP contribution is -2.24. The second kappa shape index (κ2) is 6.78. The number of benzene rings is 1. The number of nitro groups is 1. The van der Waals surface area contributed by atoms with E-state index in [1.54, 1.807) is 0 Å². The Kier molecular flexibility index (Phi) is 4.52. The van der Waals surface area contributed by atoms with Crippen molar-refractivity contribution in [3.05, 3.63) is 34.1 Å². The van der Waals surface area contributed by atoms with E-state index in [2.05, 4.69) is 20.7 Å². The van der Waals surface area contributed by atoms with E-state index in [0.29, 0.717) is 18.2 Å². The number of hydrogen-bond donors (Lipinski definition) is 2. The minimum absolute atomic E-state index is 0.151. The molecule has 1 aromatic heterocycles. The van der Waals surface area contributed by atoms with Crippen LogP contribution in [0.5, 0.6) is 5.75 Å². The molecule has 0 bridgehead atoms. The third-order valence-corrected chi connectivity index (χ3v) is 3.87. The van der Waals surface area contributed by atoms with Crippen molar-refractivity contribution in [2.24, 2.45) is 0 Å². The molecule has 2 amide bonds. The highest BCUT2D eigenvalue weighted by molar-refractivity contribution is 6.01. The molecule has 1 aliphatic rings. The van der Waals surface area contributed by atoms with Crippen LogP contribution in [0.4, 0.5) is 17.3 Å². The van der Waals surface area contributed by atoms with Crippen LogP contribution in [-0.4, -0.2) is 38.6 Å². The number of aromatic nitrogens is 3. The van der Waals surface area contributed by atoms with E-state index in [1.807, 2.05) is 6.92 Å². The van der Waals surface area contributed by atoms with Crippen LogP contribution in [0.3, 0.4) is 0 Å². The van der Waals surface area contributed by atoms with E-state index >= 15 is 0 Å². The van der Waals surface area contributed by atoms with Gasteiger partial charge in [0.2, 0.25) is 11.9 Å². The van der Waals surface area contributed by atoms with Crippen molar-refractivity contribution in [1.29, 1.82) is 0 Å². The van der Waals surface area contributed by atoms with Crippen LogP contribution in [0.25, 0.3) is 0 Å². The second-order valence-electron chi connectivity index (χ2n) is 5.55. The standard InChI is InChI=1S/C15H16N6O5/c1-3-12-17-15-18-14(23)10(20(15)19-12)7-13(22)16-9-5-4-8(21(24)25)6-11(9)26-2/h4-6,10H,3,7H2,1-2H3,(H,16,22)(H,17,18,19,23). The molecule has 0 fully saturated rings. The Bertz CT molecular complexity index is 893. The highest BCUT2D eigenvalue weighted by atomic mass is 16.6. The van der Waals surface area contributed by atoms with E-state index in [-0.39, 0.29) is 29.5 Å². The molecule has 1 aromatic carbocycles. The van der Waals surface area contributed by atoms with Crippen molar-refractivity contribution in [1.82, 2.24) is 14.8 Å². The predicted molar refractivity (Wildman–Crippen MR) is 90.0 cm³/mol. The smallest absolute Gasteiger partial charge is 0.273 e. The van der Waals surface area contributed by atoms with Gasteiger partial charge in [-0.05, 0) is 6.07 Å². The average molecular weight is 360 g/mol. The number of methoxy groups -OCH3 is 1. The maximum atomic E-state index is 12.3. The Labute approximate surface area is 147 Å². The Hall–Kier alpha value is -3.50. The zero-order valence-corrected chi connectivity index (χ0v) is 14.1. The molecule has 26 heavy (non-hydrogen) atoms. The van der Waals surface area contributed by atoms with Crippen LogP contribution in [0, 0.1) is 10.1 Å². The number of nitro benzene ring substituents is 1. The van der Waals surface area contributed by atoms with Crippen molar-refractivity contribution in [2.75, 3.05) is 17.7 Å². The van der Waals surface area contributed by atoms with E-state index in [1.165, 1.54) is 30.0 Å². The molecule has 1 unspecified atom stereocenters. The number of anilines is 2. The zero-order valence-electron chi connectivity index (χ0n) is 14.1. The summed E-state index contributed by atoms with van der Waals surface area (Å²) in [5.74, 6) is 0.213. The summed E-state index contributed by atoms with van der Waals surface area (Å²) >= 11 is 0. The van der Waals surface area contributed by atoms with Gasteiger partial charge in [0, 0.05) is 12.5 Å². The third kappa shape index (κ3) is 3.18. The topological polar surface area (TPSA) is 141 Å². The summed E-state index contributed by atoms with van der Waals surface area (Å²) in [5.41, 5.74) is 0.115. The van der Waals surface area contributed by atoms with Crippen LogP contribution in [0.1, 0.15) is 25.2 Å². The molecule has 1 atom stereocenters. The Balaban J connectivity index is 1.75. The molecule has 0 saturated heterocycles. The normalized spacial score (nSPS) is 15.3. The Morgan fingerprint density at radius 3 is 2.92 bits per heavy atom. The molecule has 0 saturated carbocycles. The van der Waals surface area contributed by atoms with E-state index in [9.17, 15) is 19.7 Å². The first-order valence-corrected chi connectivity index (χ1v) is 7.81. The molecular weight excluding hydrogens is 344 g/mol. The number of fused-ring (bicyclic) bond motifs is 1. The molecule has 11 nitrogen and oxygen atoms in total. The third-order valence-electron chi connectivity index (χ3n) is 3.87. The fourth-order valence-corrected chi connectivity index (χ4v) is 2.58. The summed E-state index contributed by atoms with van der Waals surface area (Å²) < 4.78 is 6.47. The molecular formula is C15H16N6O5. The minimum Gasteiger partial charge on any atom is -0.494 e. The largest absolute Gasteiger partial charge is 0.494 e. The number of amides is 2. The van der Waals surface area contributed by atoms with Crippen molar-refractivity contribution < 1.29 is 19.2 Å². The van der Waals surface area contributed by atoms with Crippen LogP contribution in [-0.2, 0) is 16.0 Å². The number of rotatable bonds is 6. The van der Waals surface area contributed by atoms with Gasteiger partial charge in [-0.3, -0.25) is 25.0 Å². The summed E-state index contributed by atoms with van der Waals surface area (Å²) in [6.45, 7) is 1.88. The summed E-state index contributed by atoms with van der Waals surface area (Å²) in [6.07, 6.45) is 0.445. The predicted octanol–water partition coefficient (Wildman–Crippen LogP) is 1.28. The minimum atomic E-state index is -0.804. The van der Waals surface area contributed by atoms with Gasteiger partial charge in [-0.25, -0.2) is 4.68 Å². The van der Waals surface area contributed by atoms with Gasteiger partial charge in [-0.2, -0.15) is 10.1 Å². The molecule has 1 aliphatic heterocycles. The first-order valence-electron chi connectivity index (χ1n) is 7.81. The van der Waals surface area contributed by atoms with Gasteiger partial charge in [0.25, 0.3) is 11.6 Å². The number of nitrogens with zero attached hydrogens (tertiary/aromatic N) is 4. The average Bonchev–Trinajstić information content (AvgIpc) is 3.13. The molecule has 0 aliphatic carbocycles. The Morgan fingerprint density at radius 2 is 2.27 bits per heavy atom. The fourth-order valence-electron chi connectivity index (χ4n) is 2.58. The lowest BCUT2D eigenvalue weighted by atomic mass is 10.2. The quantitative estimate of drug-likeness (QED) is 0.584.